The summed E-state index contributed by atoms with van der Waals surface area (Å²) >= 11 is 0. The minimum atomic E-state index is -0.197. The molecule has 0 heterocycles. The molecule has 0 aliphatic heterocycles. The number of benzene rings is 2. The quantitative estimate of drug-likeness (QED) is 0.763. The highest BCUT2D eigenvalue weighted by Gasteiger charge is 2.07. The van der Waals surface area contributed by atoms with Crippen LogP contribution in [0.25, 0.3) is 6.08 Å². The molecule has 1 amide bonds. The normalized spacial score (nSPS) is 10.4. The third-order valence-electron chi connectivity index (χ3n) is 3.90. The minimum absolute atomic E-state index is 0.0514. The van der Waals surface area contributed by atoms with Gasteiger partial charge >= 0.3 is 0 Å². The van der Waals surface area contributed by atoms with Gasteiger partial charge in [-0.15, -0.1) is 0 Å². The molecule has 2 aromatic carbocycles. The summed E-state index contributed by atoms with van der Waals surface area (Å²) in [7, 11) is 1.53. The van der Waals surface area contributed by atoms with Gasteiger partial charge in [0.05, 0.1) is 7.11 Å². The van der Waals surface area contributed by atoms with Gasteiger partial charge in [-0.25, -0.2) is 0 Å². The number of hydrogen-bond acceptors (Lipinski definition) is 4. The Morgan fingerprint density at radius 1 is 1.27 bits per heavy atom. The van der Waals surface area contributed by atoms with E-state index in [4.69, 9.17) is 14.7 Å². The average Bonchev–Trinajstić information content (AvgIpc) is 2.66. The number of anilines is 1. The number of rotatable bonds is 7. The van der Waals surface area contributed by atoms with Crippen LogP contribution >= 0.6 is 0 Å². The molecule has 0 aliphatic rings. The van der Waals surface area contributed by atoms with Crippen molar-refractivity contribution < 1.29 is 14.3 Å². The van der Waals surface area contributed by atoms with Gasteiger partial charge in [0.25, 0.3) is 0 Å². The van der Waals surface area contributed by atoms with Crippen LogP contribution in [0.3, 0.4) is 0 Å². The van der Waals surface area contributed by atoms with Gasteiger partial charge in [-0.1, -0.05) is 31.2 Å². The number of nitrogens with one attached hydrogen (secondary N) is 1. The molecular weight excluding hydrogens is 328 g/mol. The first-order valence-electron chi connectivity index (χ1n) is 8.34. The Kier molecular flexibility index (Phi) is 6.81. The van der Waals surface area contributed by atoms with Gasteiger partial charge in [-0.2, -0.15) is 5.26 Å². The number of para-hydroxylation sites is 1. The lowest BCUT2D eigenvalue weighted by atomic mass is 10.1. The van der Waals surface area contributed by atoms with Crippen LogP contribution in [0.4, 0.5) is 5.69 Å². The SMILES string of the molecule is CCc1cccc(C)c1NC(=O)/C=C/c1ccc(OCC#N)c(OC)c1. The van der Waals surface area contributed by atoms with E-state index in [1.165, 1.54) is 13.2 Å². The largest absolute Gasteiger partial charge is 0.493 e. The van der Waals surface area contributed by atoms with Crippen LogP contribution in [0.5, 0.6) is 11.5 Å². The standard InChI is InChI=1S/C21H22N2O3/c1-4-17-7-5-6-15(2)21(17)23-20(24)11-9-16-8-10-18(26-13-12-22)19(14-16)25-3/h5-11,14H,4,13H2,1-3H3,(H,23,24)/b11-9+. The zero-order valence-corrected chi connectivity index (χ0v) is 15.2. The van der Waals surface area contributed by atoms with Gasteiger partial charge in [0.2, 0.25) is 5.91 Å². The number of ether oxygens (including phenoxy) is 2. The van der Waals surface area contributed by atoms with Crippen molar-refractivity contribution in [1.29, 1.82) is 5.26 Å². The molecular formula is C21H22N2O3. The summed E-state index contributed by atoms with van der Waals surface area (Å²) in [5.41, 5.74) is 3.79. The number of methoxy groups -OCH3 is 1. The summed E-state index contributed by atoms with van der Waals surface area (Å²) in [6, 6.07) is 13.1. The minimum Gasteiger partial charge on any atom is -0.493 e. The number of carbonyl (C=O) groups is 1. The molecule has 0 spiro atoms. The van der Waals surface area contributed by atoms with Crippen molar-refractivity contribution in [1.82, 2.24) is 0 Å². The molecule has 0 atom stereocenters. The van der Waals surface area contributed by atoms with Gasteiger partial charge < -0.3 is 14.8 Å². The highest BCUT2D eigenvalue weighted by Crippen LogP contribution is 2.28. The van der Waals surface area contributed by atoms with E-state index in [1.807, 2.05) is 31.2 Å². The van der Waals surface area contributed by atoms with E-state index >= 15 is 0 Å². The molecule has 0 radical (unpaired) electrons. The topological polar surface area (TPSA) is 71.3 Å². The van der Waals surface area contributed by atoms with Crippen LogP contribution in [-0.4, -0.2) is 19.6 Å². The van der Waals surface area contributed by atoms with Crippen molar-refractivity contribution in [3.63, 3.8) is 0 Å². The molecule has 26 heavy (non-hydrogen) atoms. The number of aryl methyl sites for hydroxylation is 2. The van der Waals surface area contributed by atoms with Crippen molar-refractivity contribution in [2.24, 2.45) is 0 Å². The van der Waals surface area contributed by atoms with Crippen molar-refractivity contribution in [2.75, 3.05) is 19.0 Å². The number of nitrogens with zero attached hydrogens (tertiary/aromatic N) is 1. The number of carbonyl (C=O) groups excluding carboxylic acids is 1. The van der Waals surface area contributed by atoms with Crippen LogP contribution in [-0.2, 0) is 11.2 Å². The third-order valence-corrected chi connectivity index (χ3v) is 3.90. The first-order valence-corrected chi connectivity index (χ1v) is 8.34. The fraction of sp³-hybridized carbons (Fsp3) is 0.238. The first kappa shape index (κ1) is 19.1. The molecule has 5 nitrogen and oxygen atoms in total. The van der Waals surface area contributed by atoms with Crippen molar-refractivity contribution in [3.8, 4) is 17.6 Å². The molecule has 5 heteroatoms. The highest BCUT2D eigenvalue weighted by molar-refractivity contribution is 6.02. The predicted molar refractivity (Wildman–Crippen MR) is 102 cm³/mol. The molecule has 0 unspecified atom stereocenters. The lowest BCUT2D eigenvalue weighted by molar-refractivity contribution is -0.111. The van der Waals surface area contributed by atoms with E-state index in [0.29, 0.717) is 11.5 Å². The molecule has 2 aromatic rings. The van der Waals surface area contributed by atoms with Crippen LogP contribution in [0, 0.1) is 18.3 Å². The van der Waals surface area contributed by atoms with Crippen LogP contribution in [0.15, 0.2) is 42.5 Å². The second kappa shape index (κ2) is 9.28. The molecule has 0 fully saturated rings. The number of hydrogen-bond donors (Lipinski definition) is 1. The van der Waals surface area contributed by atoms with Gasteiger partial charge in [0.15, 0.2) is 18.1 Å². The Balaban J connectivity index is 2.12. The molecule has 0 saturated heterocycles. The second-order valence-electron chi connectivity index (χ2n) is 5.64. The van der Waals surface area contributed by atoms with Crippen LogP contribution in [0.2, 0.25) is 0 Å². The van der Waals surface area contributed by atoms with E-state index in [1.54, 1.807) is 24.3 Å². The van der Waals surface area contributed by atoms with E-state index in [2.05, 4.69) is 12.2 Å². The van der Waals surface area contributed by atoms with Crippen molar-refractivity contribution in [2.45, 2.75) is 20.3 Å². The summed E-state index contributed by atoms with van der Waals surface area (Å²) in [5, 5.41) is 11.5. The Bertz CT molecular complexity index is 851. The van der Waals surface area contributed by atoms with E-state index in [9.17, 15) is 4.79 Å². The Hall–Kier alpha value is -3.26. The maximum atomic E-state index is 12.3. The number of amides is 1. The van der Waals surface area contributed by atoms with E-state index < -0.39 is 0 Å². The maximum absolute atomic E-state index is 12.3. The predicted octanol–water partition coefficient (Wildman–Crippen LogP) is 4.12. The summed E-state index contributed by atoms with van der Waals surface area (Å²) in [4.78, 5) is 12.3. The molecule has 2 rings (SSSR count). The lowest BCUT2D eigenvalue weighted by Crippen LogP contribution is -2.11. The monoisotopic (exact) mass is 350 g/mol. The van der Waals surface area contributed by atoms with Crippen LogP contribution < -0.4 is 14.8 Å². The first-order chi connectivity index (χ1) is 12.6. The number of nitriles is 1. The molecule has 134 valence electrons. The Morgan fingerprint density at radius 2 is 2.08 bits per heavy atom. The maximum Gasteiger partial charge on any atom is 0.248 e. The van der Waals surface area contributed by atoms with E-state index in [-0.39, 0.29) is 12.5 Å². The Labute approximate surface area is 153 Å². The molecule has 0 saturated carbocycles. The molecule has 0 aromatic heterocycles. The zero-order chi connectivity index (χ0) is 18.9. The Morgan fingerprint density at radius 3 is 2.77 bits per heavy atom. The molecule has 0 bridgehead atoms. The van der Waals surface area contributed by atoms with Crippen molar-refractivity contribution >= 4 is 17.7 Å². The zero-order valence-electron chi connectivity index (χ0n) is 15.2. The fourth-order valence-electron chi connectivity index (χ4n) is 2.56. The van der Waals surface area contributed by atoms with Gasteiger partial charge in [-0.3, -0.25) is 4.79 Å². The average molecular weight is 350 g/mol. The third kappa shape index (κ3) is 4.87. The smallest absolute Gasteiger partial charge is 0.248 e. The second-order valence-corrected chi connectivity index (χ2v) is 5.64. The van der Waals surface area contributed by atoms with Gasteiger partial charge in [-0.05, 0) is 48.2 Å². The van der Waals surface area contributed by atoms with Gasteiger partial charge in [0, 0.05) is 11.8 Å². The summed E-state index contributed by atoms with van der Waals surface area (Å²) < 4.78 is 10.5. The van der Waals surface area contributed by atoms with Gasteiger partial charge in [0.1, 0.15) is 6.07 Å². The summed E-state index contributed by atoms with van der Waals surface area (Å²) in [6.45, 7) is 3.98. The van der Waals surface area contributed by atoms with Crippen molar-refractivity contribution in [3.05, 3.63) is 59.2 Å². The molecule has 0 aliphatic carbocycles. The summed E-state index contributed by atoms with van der Waals surface area (Å²) in [6.07, 6.45) is 4.04. The summed E-state index contributed by atoms with van der Waals surface area (Å²) in [5.74, 6) is 0.802. The van der Waals surface area contributed by atoms with E-state index in [0.717, 1.165) is 28.8 Å². The lowest BCUT2D eigenvalue weighted by Gasteiger charge is -2.11. The molecule has 1 N–H and O–H groups in total. The fourth-order valence-corrected chi connectivity index (χ4v) is 2.56. The highest BCUT2D eigenvalue weighted by atomic mass is 16.5. The van der Waals surface area contributed by atoms with Crippen LogP contribution in [0.1, 0.15) is 23.6 Å².